The fraction of sp³-hybridized carbons (Fsp3) is 0.438. The monoisotopic (exact) mass is 335 g/mol. The molecule has 1 amide bonds. The van der Waals surface area contributed by atoms with Gasteiger partial charge in [-0.1, -0.05) is 25.6 Å². The second-order valence-electron chi connectivity index (χ2n) is 5.49. The maximum atomic E-state index is 11.8. The lowest BCUT2D eigenvalue weighted by Gasteiger charge is -2.16. The quantitative estimate of drug-likeness (QED) is 0.784. The van der Waals surface area contributed by atoms with Crippen LogP contribution in [0.25, 0.3) is 11.5 Å². The molecular formula is C16H21N3O3S. The van der Waals surface area contributed by atoms with Crippen molar-refractivity contribution < 1.29 is 13.9 Å². The van der Waals surface area contributed by atoms with Crippen LogP contribution < -0.4 is 10.1 Å². The van der Waals surface area contributed by atoms with Crippen LogP contribution in [-0.2, 0) is 4.79 Å². The first-order valence-electron chi connectivity index (χ1n) is 7.39. The smallest absolute Gasteiger partial charge is 0.277 e. The molecule has 0 fully saturated rings. The van der Waals surface area contributed by atoms with Gasteiger partial charge in [-0.15, -0.1) is 10.2 Å². The van der Waals surface area contributed by atoms with Gasteiger partial charge in [-0.25, -0.2) is 0 Å². The molecule has 1 heterocycles. The molecule has 0 aliphatic carbocycles. The minimum atomic E-state index is -0.0413. The largest absolute Gasteiger partial charge is 0.497 e. The summed E-state index contributed by atoms with van der Waals surface area (Å²) >= 11 is 1.23. The van der Waals surface area contributed by atoms with E-state index in [4.69, 9.17) is 9.15 Å². The average molecular weight is 335 g/mol. The summed E-state index contributed by atoms with van der Waals surface area (Å²) in [5.41, 5.74) is 0.808. The highest BCUT2D eigenvalue weighted by molar-refractivity contribution is 7.99. The second kappa shape index (κ2) is 8.01. The molecule has 0 radical (unpaired) electrons. The molecule has 7 heteroatoms. The summed E-state index contributed by atoms with van der Waals surface area (Å²) in [6.45, 7) is 6.12. The van der Waals surface area contributed by atoms with Crippen molar-refractivity contribution in [2.75, 3.05) is 12.9 Å². The lowest BCUT2D eigenvalue weighted by atomic mass is 10.1. The Morgan fingerprint density at radius 2 is 1.96 bits per heavy atom. The van der Waals surface area contributed by atoms with Crippen LogP contribution >= 0.6 is 11.8 Å². The van der Waals surface area contributed by atoms with Gasteiger partial charge < -0.3 is 14.5 Å². The Morgan fingerprint density at radius 3 is 2.57 bits per heavy atom. The third-order valence-electron chi connectivity index (χ3n) is 3.46. The Balaban J connectivity index is 1.90. The van der Waals surface area contributed by atoms with Gasteiger partial charge in [0.2, 0.25) is 11.8 Å². The molecule has 0 bridgehead atoms. The normalized spacial score (nSPS) is 12.2. The van der Waals surface area contributed by atoms with Crippen molar-refractivity contribution in [1.82, 2.24) is 15.5 Å². The molecule has 0 saturated carbocycles. The highest BCUT2D eigenvalue weighted by atomic mass is 32.2. The lowest BCUT2D eigenvalue weighted by Crippen LogP contribution is -2.37. The summed E-state index contributed by atoms with van der Waals surface area (Å²) in [5, 5.41) is 11.3. The zero-order chi connectivity index (χ0) is 16.8. The number of nitrogens with zero attached hydrogens (tertiary/aromatic N) is 2. The summed E-state index contributed by atoms with van der Waals surface area (Å²) < 4.78 is 10.7. The zero-order valence-corrected chi connectivity index (χ0v) is 14.5. The van der Waals surface area contributed by atoms with Gasteiger partial charge in [-0.05, 0) is 37.1 Å². The van der Waals surface area contributed by atoms with Crippen LogP contribution in [0.2, 0.25) is 0 Å². The van der Waals surface area contributed by atoms with Gasteiger partial charge in [0.1, 0.15) is 5.75 Å². The van der Waals surface area contributed by atoms with Crippen molar-refractivity contribution in [2.45, 2.75) is 32.0 Å². The number of carbonyl (C=O) groups excluding carboxylic acids is 1. The Bertz CT molecular complexity index is 640. The van der Waals surface area contributed by atoms with Gasteiger partial charge in [-0.3, -0.25) is 4.79 Å². The Hall–Kier alpha value is -2.02. The van der Waals surface area contributed by atoms with Crippen LogP contribution in [0, 0.1) is 5.92 Å². The molecule has 1 aromatic heterocycles. The van der Waals surface area contributed by atoms with Gasteiger partial charge in [-0.2, -0.15) is 0 Å². The van der Waals surface area contributed by atoms with Crippen molar-refractivity contribution >= 4 is 17.7 Å². The summed E-state index contributed by atoms with van der Waals surface area (Å²) in [6, 6.07) is 7.48. The molecule has 2 aromatic rings. The fourth-order valence-electron chi connectivity index (χ4n) is 1.71. The molecular weight excluding hydrogens is 314 g/mol. The van der Waals surface area contributed by atoms with E-state index in [1.807, 2.05) is 31.2 Å². The molecule has 0 aliphatic heterocycles. The minimum absolute atomic E-state index is 0.0413. The van der Waals surface area contributed by atoms with Gasteiger partial charge in [0.05, 0.1) is 12.9 Å². The molecule has 124 valence electrons. The van der Waals surface area contributed by atoms with Crippen molar-refractivity contribution in [1.29, 1.82) is 0 Å². The summed E-state index contributed by atoms with van der Waals surface area (Å²) in [7, 11) is 1.61. The molecule has 1 N–H and O–H groups in total. The van der Waals surface area contributed by atoms with Crippen LogP contribution in [0.15, 0.2) is 33.9 Å². The number of benzene rings is 1. The number of nitrogens with one attached hydrogen (secondary N) is 1. The Labute approximate surface area is 140 Å². The number of carbonyl (C=O) groups is 1. The van der Waals surface area contributed by atoms with Crippen LogP contribution in [0.3, 0.4) is 0 Å². The molecule has 23 heavy (non-hydrogen) atoms. The highest BCUT2D eigenvalue weighted by Gasteiger charge is 2.14. The zero-order valence-electron chi connectivity index (χ0n) is 13.7. The number of aromatic nitrogens is 2. The SMILES string of the molecule is COc1ccc(-c2nnc(SCC(=O)N[C@H](C)C(C)C)o2)cc1. The van der Waals surface area contributed by atoms with E-state index in [0.29, 0.717) is 17.0 Å². The molecule has 0 unspecified atom stereocenters. The van der Waals surface area contributed by atoms with Crippen LogP contribution in [0.5, 0.6) is 5.75 Å². The summed E-state index contributed by atoms with van der Waals surface area (Å²) in [6.07, 6.45) is 0. The minimum Gasteiger partial charge on any atom is -0.497 e. The standard InChI is InChI=1S/C16H21N3O3S/c1-10(2)11(3)17-14(20)9-23-16-19-18-15(22-16)12-5-7-13(21-4)8-6-12/h5-8,10-11H,9H2,1-4H3,(H,17,20)/t11-/m1/s1. The lowest BCUT2D eigenvalue weighted by molar-refractivity contribution is -0.119. The second-order valence-corrected chi connectivity index (χ2v) is 6.42. The fourth-order valence-corrected chi connectivity index (χ4v) is 2.28. The van der Waals surface area contributed by atoms with Crippen LogP contribution in [0.1, 0.15) is 20.8 Å². The van der Waals surface area contributed by atoms with E-state index < -0.39 is 0 Å². The molecule has 2 rings (SSSR count). The van der Waals surface area contributed by atoms with E-state index in [1.54, 1.807) is 7.11 Å². The van der Waals surface area contributed by atoms with Crippen molar-refractivity contribution in [3.63, 3.8) is 0 Å². The van der Waals surface area contributed by atoms with Crippen molar-refractivity contribution in [3.8, 4) is 17.2 Å². The maximum absolute atomic E-state index is 11.8. The molecule has 1 atom stereocenters. The van der Waals surface area contributed by atoms with Crippen molar-refractivity contribution in [3.05, 3.63) is 24.3 Å². The van der Waals surface area contributed by atoms with Gasteiger partial charge in [0.15, 0.2) is 0 Å². The van der Waals surface area contributed by atoms with E-state index in [0.717, 1.165) is 11.3 Å². The molecule has 0 aliphatic rings. The summed E-state index contributed by atoms with van der Waals surface area (Å²) in [5.74, 6) is 1.79. The number of thioether (sulfide) groups is 1. The summed E-state index contributed by atoms with van der Waals surface area (Å²) in [4.78, 5) is 11.8. The topological polar surface area (TPSA) is 77.2 Å². The molecule has 6 nitrogen and oxygen atoms in total. The molecule has 1 aromatic carbocycles. The predicted molar refractivity (Wildman–Crippen MR) is 89.5 cm³/mol. The highest BCUT2D eigenvalue weighted by Crippen LogP contribution is 2.24. The number of rotatable bonds is 7. The number of hydrogen-bond acceptors (Lipinski definition) is 6. The number of hydrogen-bond donors (Lipinski definition) is 1. The van der Waals surface area contributed by atoms with Gasteiger partial charge in [0, 0.05) is 11.6 Å². The van der Waals surface area contributed by atoms with E-state index in [2.05, 4.69) is 29.4 Å². The van der Waals surface area contributed by atoms with E-state index >= 15 is 0 Å². The number of ether oxygens (including phenoxy) is 1. The van der Waals surface area contributed by atoms with Gasteiger partial charge >= 0.3 is 0 Å². The van der Waals surface area contributed by atoms with E-state index in [1.165, 1.54) is 11.8 Å². The predicted octanol–water partition coefficient (Wildman–Crippen LogP) is 3.00. The Kier molecular flexibility index (Phi) is 6.04. The third-order valence-corrected chi connectivity index (χ3v) is 4.28. The number of amides is 1. The van der Waals surface area contributed by atoms with Crippen LogP contribution in [0.4, 0.5) is 0 Å². The maximum Gasteiger partial charge on any atom is 0.277 e. The first-order valence-corrected chi connectivity index (χ1v) is 8.38. The Morgan fingerprint density at radius 1 is 1.26 bits per heavy atom. The first kappa shape index (κ1) is 17.3. The molecule has 0 spiro atoms. The van der Waals surface area contributed by atoms with E-state index in [-0.39, 0.29) is 17.7 Å². The third kappa shape index (κ3) is 4.99. The average Bonchev–Trinajstić information content (AvgIpc) is 3.02. The van der Waals surface area contributed by atoms with Crippen molar-refractivity contribution in [2.24, 2.45) is 5.92 Å². The first-order chi connectivity index (χ1) is 11.0. The van der Waals surface area contributed by atoms with Gasteiger partial charge in [0.25, 0.3) is 5.22 Å². The molecule has 0 saturated heterocycles. The van der Waals surface area contributed by atoms with E-state index in [9.17, 15) is 4.79 Å². The number of methoxy groups -OCH3 is 1. The van der Waals surface area contributed by atoms with Crippen LogP contribution in [-0.4, -0.2) is 35.0 Å².